The monoisotopic (exact) mass is 215 g/mol. The van der Waals surface area contributed by atoms with Crippen LogP contribution in [0.1, 0.15) is 33.6 Å². The van der Waals surface area contributed by atoms with Crippen LogP contribution in [0.4, 0.5) is 0 Å². The van der Waals surface area contributed by atoms with Crippen LogP contribution >= 0.6 is 0 Å². The molecule has 0 saturated carbocycles. The molecule has 1 fully saturated rings. The molecule has 1 aliphatic rings. The van der Waals surface area contributed by atoms with Gasteiger partial charge < -0.3 is 4.90 Å². The number of carbonyl (C=O) groups excluding carboxylic acids is 1. The molecule has 0 aromatic heterocycles. The molecule has 1 rings (SSSR count). The summed E-state index contributed by atoms with van der Waals surface area (Å²) in [5.41, 5.74) is 0. The molecule has 1 saturated heterocycles. The summed E-state index contributed by atoms with van der Waals surface area (Å²) in [5.74, 6) is 0.292. The van der Waals surface area contributed by atoms with Crippen molar-refractivity contribution in [3.05, 3.63) is 0 Å². The van der Waals surface area contributed by atoms with Crippen LogP contribution in [-0.4, -0.2) is 33.2 Å². The molecular formula is C11H25NOSi. The highest BCUT2D eigenvalue weighted by molar-refractivity contribution is 6.58. The smallest absolute Gasteiger partial charge is 0.222 e. The fourth-order valence-electron chi connectivity index (χ4n) is 1.65. The van der Waals surface area contributed by atoms with Gasteiger partial charge in [0.25, 0.3) is 0 Å². The maximum atomic E-state index is 10.5. The Kier molecular flexibility index (Phi) is 7.85. The van der Waals surface area contributed by atoms with E-state index >= 15 is 0 Å². The number of carbonyl (C=O) groups is 1. The molecule has 2 nitrogen and oxygen atoms in total. The quantitative estimate of drug-likeness (QED) is 0.663. The fourth-order valence-corrected chi connectivity index (χ4v) is 3.38. The van der Waals surface area contributed by atoms with E-state index in [-0.39, 0.29) is 8.80 Å². The van der Waals surface area contributed by atoms with E-state index in [4.69, 9.17) is 0 Å². The first-order valence-corrected chi connectivity index (χ1v) is 8.34. The van der Waals surface area contributed by atoms with E-state index < -0.39 is 0 Å². The summed E-state index contributed by atoms with van der Waals surface area (Å²) in [5, 5.41) is 0. The van der Waals surface area contributed by atoms with Gasteiger partial charge in [-0.3, -0.25) is 4.79 Å². The predicted molar refractivity (Wildman–Crippen MR) is 65.5 cm³/mol. The highest BCUT2D eigenvalue weighted by Crippen LogP contribution is 2.04. The van der Waals surface area contributed by atoms with Crippen LogP contribution < -0.4 is 0 Å². The van der Waals surface area contributed by atoms with Gasteiger partial charge in [0.05, 0.1) is 0 Å². The zero-order valence-corrected chi connectivity index (χ0v) is 11.3. The van der Waals surface area contributed by atoms with Crippen LogP contribution in [0.2, 0.25) is 18.1 Å². The Morgan fingerprint density at radius 2 is 1.71 bits per heavy atom. The predicted octanol–water partition coefficient (Wildman–Crippen LogP) is 2.51. The lowest BCUT2D eigenvalue weighted by atomic mass is 10.4. The number of nitrogens with zero attached hydrogens (tertiary/aromatic N) is 1. The fraction of sp³-hybridized carbons (Fsp3) is 0.909. The van der Waals surface area contributed by atoms with Gasteiger partial charge in [0.15, 0.2) is 0 Å². The highest BCUT2D eigenvalue weighted by Gasteiger charge is 2.14. The second kappa shape index (κ2) is 8.03. The minimum absolute atomic E-state index is 0.171. The number of hydrogen-bond donors (Lipinski definition) is 0. The van der Waals surface area contributed by atoms with Crippen molar-refractivity contribution in [3.8, 4) is 0 Å². The van der Waals surface area contributed by atoms with Gasteiger partial charge in [-0.15, -0.1) is 0 Å². The SMILES string of the molecule is CC[SiH](CC)CC.CN1CCCC1=O. The van der Waals surface area contributed by atoms with Gasteiger partial charge >= 0.3 is 0 Å². The third-order valence-electron chi connectivity index (χ3n) is 3.04. The Morgan fingerprint density at radius 1 is 1.21 bits per heavy atom. The van der Waals surface area contributed by atoms with Crippen molar-refractivity contribution in [1.29, 1.82) is 0 Å². The molecular weight excluding hydrogens is 190 g/mol. The van der Waals surface area contributed by atoms with Crippen LogP contribution in [0.5, 0.6) is 0 Å². The maximum absolute atomic E-state index is 10.5. The molecule has 0 radical (unpaired) electrons. The topological polar surface area (TPSA) is 20.3 Å². The zero-order chi connectivity index (χ0) is 11.0. The lowest BCUT2D eigenvalue weighted by Crippen LogP contribution is -2.17. The highest BCUT2D eigenvalue weighted by atomic mass is 28.3. The lowest BCUT2D eigenvalue weighted by Gasteiger charge is -2.03. The largest absolute Gasteiger partial charge is 0.346 e. The van der Waals surface area contributed by atoms with Crippen molar-refractivity contribution in [1.82, 2.24) is 4.90 Å². The second-order valence-corrected chi connectivity index (χ2v) is 8.19. The Bertz CT molecular complexity index is 152. The molecule has 14 heavy (non-hydrogen) atoms. The molecule has 0 aromatic rings. The van der Waals surface area contributed by atoms with E-state index in [0.717, 1.165) is 19.4 Å². The first kappa shape index (κ1) is 13.7. The van der Waals surface area contributed by atoms with Gasteiger partial charge in [0.2, 0.25) is 5.91 Å². The van der Waals surface area contributed by atoms with Crippen molar-refractivity contribution in [2.75, 3.05) is 13.6 Å². The average Bonchev–Trinajstić information content (AvgIpc) is 2.55. The van der Waals surface area contributed by atoms with Gasteiger partial charge in [0.1, 0.15) is 0 Å². The van der Waals surface area contributed by atoms with Crippen LogP contribution in [0.25, 0.3) is 0 Å². The number of hydrogen-bond acceptors (Lipinski definition) is 1. The van der Waals surface area contributed by atoms with Crippen LogP contribution in [0.3, 0.4) is 0 Å². The molecule has 0 spiro atoms. The van der Waals surface area contributed by atoms with Crippen molar-refractivity contribution in [3.63, 3.8) is 0 Å². The summed E-state index contributed by atoms with van der Waals surface area (Å²) < 4.78 is 0. The summed E-state index contributed by atoms with van der Waals surface area (Å²) in [4.78, 5) is 12.3. The molecule has 0 N–H and O–H groups in total. The summed E-state index contributed by atoms with van der Waals surface area (Å²) >= 11 is 0. The molecule has 84 valence electrons. The molecule has 3 heteroatoms. The Balaban J connectivity index is 0.000000241. The summed E-state index contributed by atoms with van der Waals surface area (Å²) in [7, 11) is 1.67. The van der Waals surface area contributed by atoms with Crippen molar-refractivity contribution in [2.24, 2.45) is 0 Å². The summed E-state index contributed by atoms with van der Waals surface area (Å²) in [6.07, 6.45) is 1.81. The Labute approximate surface area is 90.3 Å². The van der Waals surface area contributed by atoms with E-state index in [9.17, 15) is 4.79 Å². The van der Waals surface area contributed by atoms with E-state index in [1.54, 1.807) is 4.90 Å². The third-order valence-corrected chi connectivity index (χ3v) is 6.51. The zero-order valence-electron chi connectivity index (χ0n) is 10.2. The number of likely N-dealkylation sites (tertiary alicyclic amines) is 1. The normalized spacial score (nSPS) is 15.8. The van der Waals surface area contributed by atoms with Crippen LogP contribution in [0.15, 0.2) is 0 Å². The van der Waals surface area contributed by atoms with Crippen LogP contribution in [-0.2, 0) is 4.79 Å². The molecule has 0 aliphatic carbocycles. The third kappa shape index (κ3) is 5.42. The Hall–Kier alpha value is -0.313. The minimum Gasteiger partial charge on any atom is -0.346 e. The van der Waals surface area contributed by atoms with E-state index in [0.29, 0.717) is 5.91 Å². The van der Waals surface area contributed by atoms with Gasteiger partial charge in [-0.25, -0.2) is 0 Å². The van der Waals surface area contributed by atoms with Crippen LogP contribution in [0, 0.1) is 0 Å². The molecule has 0 bridgehead atoms. The standard InChI is InChI=1S/C6H16Si.C5H9NO/c1-4-7(5-2)6-3;1-6-4-2-3-5(6)7/h7H,4-6H2,1-3H3;2-4H2,1H3. The van der Waals surface area contributed by atoms with Crippen molar-refractivity contribution >= 4 is 14.7 Å². The number of rotatable bonds is 3. The molecule has 1 heterocycles. The second-order valence-electron chi connectivity index (χ2n) is 4.01. The van der Waals surface area contributed by atoms with E-state index in [2.05, 4.69) is 20.8 Å². The first-order chi connectivity index (χ1) is 6.65. The summed E-state index contributed by atoms with van der Waals surface area (Å²) in [6, 6.07) is 4.48. The average molecular weight is 215 g/mol. The van der Waals surface area contributed by atoms with Gasteiger partial charge in [-0.05, 0) is 6.42 Å². The first-order valence-electron chi connectivity index (χ1n) is 5.89. The molecule has 1 aliphatic heterocycles. The molecule has 1 amide bonds. The van der Waals surface area contributed by atoms with Gasteiger partial charge in [-0.1, -0.05) is 38.9 Å². The lowest BCUT2D eigenvalue weighted by molar-refractivity contribution is -0.126. The van der Waals surface area contributed by atoms with Crippen molar-refractivity contribution < 1.29 is 4.79 Å². The molecule has 0 unspecified atom stereocenters. The van der Waals surface area contributed by atoms with E-state index in [1.807, 2.05) is 7.05 Å². The van der Waals surface area contributed by atoms with Gasteiger partial charge in [0, 0.05) is 28.8 Å². The number of amides is 1. The maximum Gasteiger partial charge on any atom is 0.222 e. The van der Waals surface area contributed by atoms with Gasteiger partial charge in [-0.2, -0.15) is 0 Å². The molecule has 0 aromatic carbocycles. The van der Waals surface area contributed by atoms with E-state index in [1.165, 1.54) is 18.1 Å². The molecule has 0 atom stereocenters. The van der Waals surface area contributed by atoms with Crippen molar-refractivity contribution in [2.45, 2.75) is 51.7 Å². The minimum atomic E-state index is -0.171. The summed E-state index contributed by atoms with van der Waals surface area (Å²) in [6.45, 7) is 7.93. The Morgan fingerprint density at radius 3 is 1.79 bits per heavy atom.